The summed E-state index contributed by atoms with van der Waals surface area (Å²) in [5.41, 5.74) is 5.16. The number of amides is 1. The van der Waals surface area contributed by atoms with Crippen LogP contribution in [0, 0.1) is 6.92 Å². The van der Waals surface area contributed by atoms with Gasteiger partial charge in [-0.05, 0) is 57.8 Å². The van der Waals surface area contributed by atoms with Crippen LogP contribution in [-0.4, -0.2) is 35.8 Å². The van der Waals surface area contributed by atoms with Gasteiger partial charge in [-0.3, -0.25) is 4.79 Å². The van der Waals surface area contributed by atoms with E-state index in [4.69, 9.17) is 0 Å². The first-order chi connectivity index (χ1) is 11.2. The highest BCUT2D eigenvalue weighted by Crippen LogP contribution is 2.28. The molecule has 0 saturated carbocycles. The first-order valence-electron chi connectivity index (χ1n) is 8.32. The van der Waals surface area contributed by atoms with Crippen LogP contribution < -0.4 is 10.6 Å². The Morgan fingerprint density at radius 1 is 1.26 bits per heavy atom. The molecule has 1 amide bonds. The van der Waals surface area contributed by atoms with Crippen molar-refractivity contribution in [1.82, 2.24) is 20.4 Å². The Bertz CT molecular complexity index is 705. The maximum absolute atomic E-state index is 12.5. The van der Waals surface area contributed by atoms with Crippen molar-refractivity contribution in [3.63, 3.8) is 0 Å². The second kappa shape index (κ2) is 6.96. The molecule has 0 unspecified atom stereocenters. The molecule has 1 aromatic heterocycles. The van der Waals surface area contributed by atoms with Crippen LogP contribution in [0.5, 0.6) is 0 Å². The average Bonchev–Trinajstić information content (AvgIpc) is 3.14. The van der Waals surface area contributed by atoms with E-state index in [0.29, 0.717) is 12.2 Å². The summed E-state index contributed by atoms with van der Waals surface area (Å²) in [6.07, 6.45) is 3.95. The number of hydrogen-bond donors (Lipinski definition) is 2. The minimum Gasteiger partial charge on any atom is -0.351 e. The molecular formula is C18H24N4O. The summed E-state index contributed by atoms with van der Waals surface area (Å²) in [6.45, 7) is 3.65. The van der Waals surface area contributed by atoms with Gasteiger partial charge in [0.2, 0.25) is 0 Å². The minimum atomic E-state index is -0.0495. The molecule has 5 heteroatoms. The highest BCUT2D eigenvalue weighted by atomic mass is 16.1. The number of aryl methyl sites for hydroxylation is 1. The minimum absolute atomic E-state index is 0.0495. The fourth-order valence-electron chi connectivity index (χ4n) is 3.17. The van der Waals surface area contributed by atoms with Crippen molar-refractivity contribution in [2.24, 2.45) is 0 Å². The van der Waals surface area contributed by atoms with E-state index >= 15 is 0 Å². The van der Waals surface area contributed by atoms with Gasteiger partial charge in [-0.15, -0.1) is 0 Å². The molecule has 0 saturated heterocycles. The molecule has 0 bridgehead atoms. The summed E-state index contributed by atoms with van der Waals surface area (Å²) in [5, 5.41) is 10.7. The quantitative estimate of drug-likeness (QED) is 0.802. The molecule has 0 atom stereocenters. The maximum Gasteiger partial charge on any atom is 0.272 e. The molecule has 3 rings (SSSR count). The lowest BCUT2D eigenvalue weighted by molar-refractivity contribution is 0.0947. The van der Waals surface area contributed by atoms with Gasteiger partial charge in [0.15, 0.2) is 5.69 Å². The number of rotatable bonds is 6. The van der Waals surface area contributed by atoms with Crippen molar-refractivity contribution in [3.8, 4) is 5.69 Å². The second-order valence-corrected chi connectivity index (χ2v) is 6.04. The van der Waals surface area contributed by atoms with Crippen molar-refractivity contribution in [1.29, 1.82) is 0 Å². The topological polar surface area (TPSA) is 58.9 Å². The molecule has 0 radical (unpaired) electrons. The first kappa shape index (κ1) is 15.7. The molecule has 0 spiro atoms. The van der Waals surface area contributed by atoms with E-state index in [1.165, 1.54) is 11.3 Å². The molecule has 0 fully saturated rings. The van der Waals surface area contributed by atoms with Crippen molar-refractivity contribution in [2.75, 3.05) is 20.1 Å². The van der Waals surface area contributed by atoms with Crippen molar-refractivity contribution in [3.05, 3.63) is 46.8 Å². The van der Waals surface area contributed by atoms with Crippen LogP contribution in [-0.2, 0) is 12.8 Å². The zero-order valence-corrected chi connectivity index (χ0v) is 13.9. The Balaban J connectivity index is 1.87. The molecule has 122 valence electrons. The summed E-state index contributed by atoms with van der Waals surface area (Å²) >= 11 is 0. The molecule has 1 aromatic carbocycles. The number of nitrogens with one attached hydrogen (secondary N) is 2. The van der Waals surface area contributed by atoms with E-state index in [2.05, 4.69) is 34.8 Å². The van der Waals surface area contributed by atoms with Crippen LogP contribution in [0.3, 0.4) is 0 Å². The lowest BCUT2D eigenvalue weighted by atomic mass is 10.2. The average molecular weight is 312 g/mol. The molecule has 1 aliphatic rings. The summed E-state index contributed by atoms with van der Waals surface area (Å²) in [5.74, 6) is -0.0495. The van der Waals surface area contributed by atoms with Crippen LogP contribution in [0.25, 0.3) is 5.69 Å². The lowest BCUT2D eigenvalue weighted by Gasteiger charge is -2.08. The third-order valence-electron chi connectivity index (χ3n) is 4.38. The van der Waals surface area contributed by atoms with Crippen LogP contribution in [0.15, 0.2) is 24.3 Å². The normalized spacial score (nSPS) is 13.1. The standard InChI is InChI=1S/C18H24N4O/c1-13-7-3-4-9-15(13)22-16-10-5-8-14(16)17(21-22)18(23)20-12-6-11-19-2/h3-4,7,9,19H,5-6,8,10-12H2,1-2H3,(H,20,23). The molecule has 2 N–H and O–H groups in total. The van der Waals surface area contributed by atoms with Gasteiger partial charge in [0.1, 0.15) is 0 Å². The van der Waals surface area contributed by atoms with Crippen LogP contribution in [0.4, 0.5) is 0 Å². The number of aromatic nitrogens is 2. The van der Waals surface area contributed by atoms with Gasteiger partial charge in [0.25, 0.3) is 5.91 Å². The zero-order chi connectivity index (χ0) is 16.2. The van der Waals surface area contributed by atoms with Crippen molar-refractivity contribution >= 4 is 5.91 Å². The zero-order valence-electron chi connectivity index (χ0n) is 13.9. The number of benzene rings is 1. The van der Waals surface area contributed by atoms with Crippen LogP contribution in [0.1, 0.15) is 40.2 Å². The van der Waals surface area contributed by atoms with Gasteiger partial charge in [-0.25, -0.2) is 4.68 Å². The monoisotopic (exact) mass is 312 g/mol. The van der Waals surface area contributed by atoms with Gasteiger partial charge in [0, 0.05) is 17.8 Å². The second-order valence-electron chi connectivity index (χ2n) is 6.04. The Hall–Kier alpha value is -2.14. The van der Waals surface area contributed by atoms with E-state index in [9.17, 15) is 4.79 Å². The molecule has 2 aromatic rings. The molecule has 1 heterocycles. The van der Waals surface area contributed by atoms with E-state index in [1.54, 1.807) is 0 Å². The fraction of sp³-hybridized carbons (Fsp3) is 0.444. The molecule has 1 aliphatic carbocycles. The highest BCUT2D eigenvalue weighted by Gasteiger charge is 2.27. The Morgan fingerprint density at radius 2 is 2.09 bits per heavy atom. The summed E-state index contributed by atoms with van der Waals surface area (Å²) < 4.78 is 1.97. The highest BCUT2D eigenvalue weighted by molar-refractivity contribution is 5.94. The Kier molecular flexibility index (Phi) is 4.76. The third-order valence-corrected chi connectivity index (χ3v) is 4.38. The summed E-state index contributed by atoms with van der Waals surface area (Å²) in [6, 6.07) is 8.19. The number of hydrogen-bond acceptors (Lipinski definition) is 3. The number of nitrogens with zero attached hydrogens (tertiary/aromatic N) is 2. The predicted molar refractivity (Wildman–Crippen MR) is 91.2 cm³/mol. The predicted octanol–water partition coefficient (Wildman–Crippen LogP) is 2.01. The summed E-state index contributed by atoms with van der Waals surface area (Å²) in [7, 11) is 1.92. The van der Waals surface area contributed by atoms with Gasteiger partial charge in [-0.2, -0.15) is 5.10 Å². The van der Waals surface area contributed by atoms with Gasteiger partial charge in [0.05, 0.1) is 5.69 Å². The largest absolute Gasteiger partial charge is 0.351 e. The molecule has 5 nitrogen and oxygen atoms in total. The van der Waals surface area contributed by atoms with Gasteiger partial charge < -0.3 is 10.6 Å². The maximum atomic E-state index is 12.5. The third kappa shape index (κ3) is 3.15. The number of fused-ring (bicyclic) bond motifs is 1. The summed E-state index contributed by atoms with van der Waals surface area (Å²) in [4.78, 5) is 12.5. The van der Waals surface area contributed by atoms with E-state index in [-0.39, 0.29) is 5.91 Å². The lowest BCUT2D eigenvalue weighted by Crippen LogP contribution is -2.27. The van der Waals surface area contributed by atoms with E-state index < -0.39 is 0 Å². The van der Waals surface area contributed by atoms with Crippen LogP contribution in [0.2, 0.25) is 0 Å². The van der Waals surface area contributed by atoms with Gasteiger partial charge in [-0.1, -0.05) is 18.2 Å². The van der Waals surface area contributed by atoms with Crippen molar-refractivity contribution in [2.45, 2.75) is 32.6 Å². The smallest absolute Gasteiger partial charge is 0.272 e. The molecule has 23 heavy (non-hydrogen) atoms. The number of para-hydroxylation sites is 1. The molecule has 0 aliphatic heterocycles. The number of carbonyl (C=O) groups is 1. The fourth-order valence-corrected chi connectivity index (χ4v) is 3.17. The van der Waals surface area contributed by atoms with E-state index in [0.717, 1.165) is 43.5 Å². The Morgan fingerprint density at radius 3 is 2.87 bits per heavy atom. The SMILES string of the molecule is CNCCCNC(=O)c1nn(-c2ccccc2C)c2c1CCC2. The van der Waals surface area contributed by atoms with Gasteiger partial charge >= 0.3 is 0 Å². The first-order valence-corrected chi connectivity index (χ1v) is 8.32. The van der Waals surface area contributed by atoms with Crippen LogP contribution >= 0.6 is 0 Å². The van der Waals surface area contributed by atoms with E-state index in [1.807, 2.05) is 23.9 Å². The Labute approximate surface area is 137 Å². The van der Waals surface area contributed by atoms with Crippen molar-refractivity contribution < 1.29 is 4.79 Å². The molecular weight excluding hydrogens is 288 g/mol. The number of carbonyl (C=O) groups excluding carboxylic acids is 1.